The number of cyclic esters (lactones) is 1. The number of halogens is 2. The molecule has 0 unspecified atom stereocenters. The SMILES string of the molecule is CS(=O)(=O)c1ccc(C2=C(c3ccc(F)cc3)C(=O)O/C2=C\c2ccc(Cl)cc2)cc1. The molecule has 0 saturated heterocycles. The van der Waals surface area contributed by atoms with Crippen LogP contribution in [0.15, 0.2) is 83.5 Å². The summed E-state index contributed by atoms with van der Waals surface area (Å²) in [6.07, 6.45) is 2.82. The highest BCUT2D eigenvalue weighted by Crippen LogP contribution is 2.41. The molecule has 0 aromatic heterocycles. The molecule has 156 valence electrons. The molecule has 1 aliphatic rings. The summed E-state index contributed by atoms with van der Waals surface area (Å²) in [6.45, 7) is 0. The molecule has 4 rings (SSSR count). The standard InChI is InChI=1S/C24H16ClFO4S/c1-31(28,29)20-12-6-16(7-13-20)22-21(14-15-2-8-18(25)9-3-15)30-24(27)23(22)17-4-10-19(26)11-5-17/h2-14H,1H3/b21-14-. The molecule has 0 saturated carbocycles. The van der Waals surface area contributed by atoms with Crippen molar-refractivity contribution in [1.29, 1.82) is 0 Å². The number of hydrogen-bond donors (Lipinski definition) is 0. The van der Waals surface area contributed by atoms with Crippen LogP contribution in [-0.2, 0) is 19.4 Å². The largest absolute Gasteiger partial charge is 0.422 e. The van der Waals surface area contributed by atoms with Crippen LogP contribution >= 0.6 is 11.6 Å². The Labute approximate surface area is 184 Å². The molecule has 3 aromatic carbocycles. The average Bonchev–Trinajstić information content (AvgIpc) is 3.05. The fourth-order valence-corrected chi connectivity index (χ4v) is 4.03. The van der Waals surface area contributed by atoms with E-state index in [-0.39, 0.29) is 10.5 Å². The van der Waals surface area contributed by atoms with Crippen molar-refractivity contribution in [3.8, 4) is 0 Å². The second-order valence-corrected chi connectivity index (χ2v) is 9.46. The molecule has 0 atom stereocenters. The first-order valence-corrected chi connectivity index (χ1v) is 11.5. The normalized spacial score (nSPS) is 15.5. The van der Waals surface area contributed by atoms with E-state index in [1.54, 1.807) is 42.5 Å². The van der Waals surface area contributed by atoms with Crippen LogP contribution in [0.2, 0.25) is 5.02 Å². The summed E-state index contributed by atoms with van der Waals surface area (Å²) in [4.78, 5) is 13.0. The van der Waals surface area contributed by atoms with Crippen molar-refractivity contribution in [3.63, 3.8) is 0 Å². The van der Waals surface area contributed by atoms with Crippen LogP contribution in [0.3, 0.4) is 0 Å². The zero-order valence-electron chi connectivity index (χ0n) is 16.3. The van der Waals surface area contributed by atoms with Crippen molar-refractivity contribution in [1.82, 2.24) is 0 Å². The van der Waals surface area contributed by atoms with Gasteiger partial charge in [0, 0.05) is 16.9 Å². The maximum Gasteiger partial charge on any atom is 0.344 e. The van der Waals surface area contributed by atoms with Crippen molar-refractivity contribution in [2.45, 2.75) is 4.90 Å². The van der Waals surface area contributed by atoms with E-state index in [0.717, 1.165) is 11.8 Å². The van der Waals surface area contributed by atoms with Gasteiger partial charge in [-0.15, -0.1) is 0 Å². The second-order valence-electron chi connectivity index (χ2n) is 7.00. The summed E-state index contributed by atoms with van der Waals surface area (Å²) < 4.78 is 42.6. The van der Waals surface area contributed by atoms with Gasteiger partial charge in [-0.05, 0) is 59.2 Å². The molecule has 0 fully saturated rings. The van der Waals surface area contributed by atoms with Crippen LogP contribution in [0.25, 0.3) is 17.2 Å². The molecule has 31 heavy (non-hydrogen) atoms. The zero-order valence-corrected chi connectivity index (χ0v) is 17.9. The number of carbonyl (C=O) groups excluding carboxylic acids is 1. The van der Waals surface area contributed by atoms with E-state index in [0.29, 0.717) is 27.5 Å². The first-order chi connectivity index (χ1) is 14.7. The third kappa shape index (κ3) is 4.45. The van der Waals surface area contributed by atoms with E-state index >= 15 is 0 Å². The number of esters is 1. The topological polar surface area (TPSA) is 60.4 Å². The number of sulfone groups is 1. The lowest BCUT2D eigenvalue weighted by Crippen LogP contribution is -1.98. The first kappa shape index (κ1) is 21.0. The Morgan fingerprint density at radius 3 is 1.97 bits per heavy atom. The Balaban J connectivity index is 1.91. The van der Waals surface area contributed by atoms with Crippen molar-refractivity contribution < 1.29 is 22.3 Å². The minimum atomic E-state index is -3.37. The Morgan fingerprint density at radius 2 is 1.39 bits per heavy atom. The van der Waals surface area contributed by atoms with Gasteiger partial charge in [-0.3, -0.25) is 0 Å². The molecule has 0 aliphatic carbocycles. The van der Waals surface area contributed by atoms with Gasteiger partial charge in [0.25, 0.3) is 0 Å². The maximum atomic E-state index is 13.4. The summed E-state index contributed by atoms with van der Waals surface area (Å²) in [7, 11) is -3.37. The second kappa shape index (κ2) is 8.13. The van der Waals surface area contributed by atoms with E-state index in [1.165, 1.54) is 36.4 Å². The van der Waals surface area contributed by atoms with E-state index in [1.807, 2.05) is 0 Å². The van der Waals surface area contributed by atoms with Crippen LogP contribution < -0.4 is 0 Å². The third-order valence-corrected chi connectivity index (χ3v) is 6.16. The Morgan fingerprint density at radius 1 is 0.839 bits per heavy atom. The van der Waals surface area contributed by atoms with Gasteiger partial charge >= 0.3 is 5.97 Å². The maximum absolute atomic E-state index is 13.4. The van der Waals surface area contributed by atoms with E-state index in [4.69, 9.17) is 16.3 Å². The van der Waals surface area contributed by atoms with E-state index < -0.39 is 21.6 Å². The van der Waals surface area contributed by atoms with E-state index in [9.17, 15) is 17.6 Å². The monoisotopic (exact) mass is 454 g/mol. The predicted molar refractivity (Wildman–Crippen MR) is 118 cm³/mol. The van der Waals surface area contributed by atoms with Crippen molar-refractivity contribution in [2.75, 3.05) is 6.26 Å². The van der Waals surface area contributed by atoms with Gasteiger partial charge in [-0.25, -0.2) is 17.6 Å². The number of carbonyl (C=O) groups is 1. The lowest BCUT2D eigenvalue weighted by Gasteiger charge is -2.08. The number of rotatable bonds is 4. The molecule has 0 N–H and O–H groups in total. The minimum Gasteiger partial charge on any atom is -0.422 e. The van der Waals surface area contributed by atoms with Gasteiger partial charge in [0.1, 0.15) is 11.6 Å². The quantitative estimate of drug-likeness (QED) is 0.496. The minimum absolute atomic E-state index is 0.161. The molecule has 1 heterocycles. The van der Waals surface area contributed by atoms with Crippen LogP contribution in [-0.4, -0.2) is 20.6 Å². The Kier molecular flexibility index (Phi) is 5.52. The summed E-state index contributed by atoms with van der Waals surface area (Å²) in [5.74, 6) is -0.695. The predicted octanol–water partition coefficient (Wildman–Crippen LogP) is 5.39. The zero-order chi connectivity index (χ0) is 22.2. The molecule has 7 heteroatoms. The lowest BCUT2D eigenvalue weighted by atomic mass is 9.94. The van der Waals surface area contributed by atoms with Crippen molar-refractivity contribution in [2.24, 2.45) is 0 Å². The van der Waals surface area contributed by atoms with Crippen LogP contribution in [0.5, 0.6) is 0 Å². The van der Waals surface area contributed by atoms with E-state index in [2.05, 4.69) is 0 Å². The van der Waals surface area contributed by atoms with Crippen molar-refractivity contribution in [3.05, 3.63) is 106 Å². The average molecular weight is 455 g/mol. The molecule has 0 bridgehead atoms. The Bertz CT molecular complexity index is 1320. The fourth-order valence-electron chi connectivity index (χ4n) is 3.27. The number of benzene rings is 3. The molecule has 3 aromatic rings. The number of allylic oxidation sites excluding steroid dienone is 1. The van der Waals surface area contributed by atoms with Gasteiger partial charge < -0.3 is 4.74 Å². The summed E-state index contributed by atoms with van der Waals surface area (Å²) in [5, 5.41) is 0.574. The van der Waals surface area contributed by atoms with Gasteiger partial charge in [0.15, 0.2) is 9.84 Å². The highest BCUT2D eigenvalue weighted by Gasteiger charge is 2.32. The fraction of sp³-hybridized carbons (Fsp3) is 0.0417. The number of hydrogen-bond acceptors (Lipinski definition) is 4. The van der Waals surface area contributed by atoms with Gasteiger partial charge in [0.05, 0.1) is 10.5 Å². The molecule has 1 aliphatic heterocycles. The Hall–Kier alpha value is -3.22. The molecule has 0 amide bonds. The molecular formula is C24H16ClFO4S. The first-order valence-electron chi connectivity index (χ1n) is 9.23. The summed E-state index contributed by atoms with van der Waals surface area (Å²) >= 11 is 5.95. The van der Waals surface area contributed by atoms with Gasteiger partial charge in [-0.1, -0.05) is 48.0 Å². The molecule has 0 spiro atoms. The van der Waals surface area contributed by atoms with Crippen LogP contribution in [0.1, 0.15) is 16.7 Å². The third-order valence-electron chi connectivity index (χ3n) is 4.77. The molecule has 4 nitrogen and oxygen atoms in total. The van der Waals surface area contributed by atoms with Crippen LogP contribution in [0, 0.1) is 5.82 Å². The molecular weight excluding hydrogens is 439 g/mol. The lowest BCUT2D eigenvalue weighted by molar-refractivity contribution is -0.131. The summed E-state index contributed by atoms with van der Waals surface area (Å²) in [6, 6.07) is 18.7. The highest BCUT2D eigenvalue weighted by atomic mass is 35.5. The van der Waals surface area contributed by atoms with Gasteiger partial charge in [-0.2, -0.15) is 0 Å². The van der Waals surface area contributed by atoms with Gasteiger partial charge in [0.2, 0.25) is 0 Å². The highest BCUT2D eigenvalue weighted by molar-refractivity contribution is 7.90. The smallest absolute Gasteiger partial charge is 0.344 e. The number of ether oxygens (including phenoxy) is 1. The molecule has 0 radical (unpaired) electrons. The van der Waals surface area contributed by atoms with Crippen molar-refractivity contribution >= 4 is 44.6 Å². The van der Waals surface area contributed by atoms with Crippen LogP contribution in [0.4, 0.5) is 4.39 Å². The summed E-state index contributed by atoms with van der Waals surface area (Å²) in [5.41, 5.74) is 2.61.